The van der Waals surface area contributed by atoms with Crippen molar-refractivity contribution < 1.29 is 14.3 Å². The number of rotatable bonds is 10. The van der Waals surface area contributed by atoms with E-state index in [0.717, 1.165) is 41.5 Å². The van der Waals surface area contributed by atoms with Gasteiger partial charge < -0.3 is 14.0 Å². The Morgan fingerprint density at radius 1 is 1.03 bits per heavy atom. The smallest absolute Gasteiger partial charge is 0.338 e. The van der Waals surface area contributed by atoms with Crippen LogP contribution in [0.3, 0.4) is 0 Å². The number of aromatic nitrogens is 2. The van der Waals surface area contributed by atoms with Crippen molar-refractivity contribution in [3.63, 3.8) is 0 Å². The molecule has 1 aromatic heterocycles. The Morgan fingerprint density at radius 2 is 1.85 bits per heavy atom. The van der Waals surface area contributed by atoms with Crippen LogP contribution in [0.25, 0.3) is 21.8 Å². The Kier molecular flexibility index (Phi) is 7.68. The Morgan fingerprint density at radius 3 is 2.64 bits per heavy atom. The van der Waals surface area contributed by atoms with Crippen molar-refractivity contribution in [3.05, 3.63) is 71.3 Å². The van der Waals surface area contributed by atoms with Gasteiger partial charge in [-0.2, -0.15) is 0 Å². The molecule has 0 spiro atoms. The summed E-state index contributed by atoms with van der Waals surface area (Å²) in [6.07, 6.45) is 0.903. The quantitative estimate of drug-likeness (QED) is 0.155. The fourth-order valence-electron chi connectivity index (χ4n) is 4.02. The summed E-state index contributed by atoms with van der Waals surface area (Å²) in [5.41, 5.74) is 4.95. The van der Waals surface area contributed by atoms with Crippen LogP contribution in [0.5, 0.6) is 0 Å². The Balaban J connectivity index is 1.65. The summed E-state index contributed by atoms with van der Waals surface area (Å²) < 4.78 is 13.0. The zero-order valence-electron chi connectivity index (χ0n) is 19.5. The molecule has 0 N–H and O–H groups in total. The Bertz CT molecular complexity index is 1270. The maximum atomic E-state index is 12.2. The number of carbonyl (C=O) groups excluding carboxylic acids is 1. The lowest BCUT2D eigenvalue weighted by molar-refractivity contribution is 0.0526. The van der Waals surface area contributed by atoms with Crippen LogP contribution in [0.2, 0.25) is 0 Å². The minimum absolute atomic E-state index is 0.314. The van der Waals surface area contributed by atoms with Gasteiger partial charge in [0.2, 0.25) is 0 Å². The predicted molar refractivity (Wildman–Crippen MR) is 135 cm³/mol. The molecular weight excluding hydrogens is 432 g/mol. The molecule has 3 aromatic carbocycles. The van der Waals surface area contributed by atoms with Gasteiger partial charge in [-0.1, -0.05) is 48.2 Å². The normalized spacial score (nSPS) is 11.4. The molecular formula is C27H30N2O3S. The van der Waals surface area contributed by atoms with Gasteiger partial charge in [0.1, 0.15) is 0 Å². The van der Waals surface area contributed by atoms with Gasteiger partial charge in [0.15, 0.2) is 5.16 Å². The van der Waals surface area contributed by atoms with Gasteiger partial charge in [-0.15, -0.1) is 0 Å². The van der Waals surface area contributed by atoms with Crippen LogP contribution in [-0.2, 0) is 21.8 Å². The molecule has 0 fully saturated rings. The zero-order valence-corrected chi connectivity index (χ0v) is 20.3. The van der Waals surface area contributed by atoms with Crippen molar-refractivity contribution in [1.29, 1.82) is 0 Å². The fraction of sp³-hybridized carbons (Fsp3) is 0.333. The molecule has 0 amide bonds. The molecule has 1 heterocycles. The Hall–Kier alpha value is -2.83. The third-order valence-electron chi connectivity index (χ3n) is 5.69. The second-order valence-electron chi connectivity index (χ2n) is 7.90. The van der Waals surface area contributed by atoms with E-state index in [1.807, 2.05) is 32.0 Å². The lowest BCUT2D eigenvalue weighted by atomic mass is 10.0. The van der Waals surface area contributed by atoms with Crippen LogP contribution < -0.4 is 0 Å². The molecule has 0 saturated carbocycles. The maximum Gasteiger partial charge on any atom is 0.338 e. The number of esters is 1. The number of hydrogen-bond acceptors (Lipinski definition) is 5. The van der Waals surface area contributed by atoms with E-state index < -0.39 is 0 Å². The number of aryl methyl sites for hydroxylation is 2. The summed E-state index contributed by atoms with van der Waals surface area (Å²) in [6, 6.07) is 18.6. The highest BCUT2D eigenvalue weighted by atomic mass is 32.2. The lowest BCUT2D eigenvalue weighted by Gasteiger charge is -2.11. The number of hydrogen-bond donors (Lipinski definition) is 0. The van der Waals surface area contributed by atoms with E-state index in [1.165, 1.54) is 21.9 Å². The van der Waals surface area contributed by atoms with Crippen molar-refractivity contribution in [2.24, 2.45) is 0 Å². The summed E-state index contributed by atoms with van der Waals surface area (Å²) in [5, 5.41) is 3.53. The third-order valence-corrected chi connectivity index (χ3v) is 6.71. The summed E-state index contributed by atoms with van der Waals surface area (Å²) in [5.74, 6) is 0.506. The van der Waals surface area contributed by atoms with Gasteiger partial charge in [0, 0.05) is 25.5 Å². The summed E-state index contributed by atoms with van der Waals surface area (Å²) >= 11 is 1.73. The number of ether oxygens (including phenoxy) is 2. The highest BCUT2D eigenvalue weighted by Crippen LogP contribution is 2.31. The second kappa shape index (κ2) is 10.9. The van der Waals surface area contributed by atoms with E-state index in [0.29, 0.717) is 18.8 Å². The van der Waals surface area contributed by atoms with Crippen LogP contribution in [0.4, 0.5) is 0 Å². The largest absolute Gasteiger partial charge is 0.462 e. The van der Waals surface area contributed by atoms with Gasteiger partial charge in [0.05, 0.1) is 23.2 Å². The molecule has 0 atom stereocenters. The van der Waals surface area contributed by atoms with Crippen molar-refractivity contribution in [3.8, 4) is 0 Å². The summed E-state index contributed by atoms with van der Waals surface area (Å²) in [4.78, 5) is 17.1. The minimum Gasteiger partial charge on any atom is -0.462 e. The summed E-state index contributed by atoms with van der Waals surface area (Å²) in [7, 11) is 0. The van der Waals surface area contributed by atoms with Crippen LogP contribution in [0.1, 0.15) is 41.8 Å². The number of nitrogens with zero attached hydrogens (tertiary/aromatic N) is 2. The average Bonchev–Trinajstić information content (AvgIpc) is 3.18. The van der Waals surface area contributed by atoms with E-state index in [9.17, 15) is 4.79 Å². The molecule has 4 rings (SSSR count). The van der Waals surface area contributed by atoms with Crippen LogP contribution in [0.15, 0.2) is 59.8 Å². The van der Waals surface area contributed by atoms with E-state index in [4.69, 9.17) is 14.5 Å². The molecule has 5 nitrogen and oxygen atoms in total. The second-order valence-corrected chi connectivity index (χ2v) is 8.84. The van der Waals surface area contributed by atoms with E-state index in [-0.39, 0.29) is 5.97 Å². The molecule has 0 aliphatic carbocycles. The molecule has 0 aliphatic heterocycles. The lowest BCUT2D eigenvalue weighted by Crippen LogP contribution is -2.05. The van der Waals surface area contributed by atoms with Crippen LogP contribution in [0, 0.1) is 6.92 Å². The van der Waals surface area contributed by atoms with E-state index in [1.54, 1.807) is 11.8 Å². The molecule has 4 aromatic rings. The van der Waals surface area contributed by atoms with Crippen LogP contribution >= 0.6 is 11.8 Å². The van der Waals surface area contributed by atoms with Crippen molar-refractivity contribution in [1.82, 2.24) is 9.55 Å². The van der Waals surface area contributed by atoms with E-state index in [2.05, 4.69) is 47.9 Å². The number of fused-ring (bicyclic) bond motifs is 2. The zero-order chi connectivity index (χ0) is 23.2. The first-order valence-electron chi connectivity index (χ1n) is 11.5. The first-order chi connectivity index (χ1) is 16.1. The molecule has 0 saturated heterocycles. The van der Waals surface area contributed by atoms with Crippen LogP contribution in [-0.4, -0.2) is 35.3 Å². The fourth-order valence-corrected chi connectivity index (χ4v) is 5.07. The third kappa shape index (κ3) is 5.23. The number of carbonyl (C=O) groups is 1. The SMILES string of the molecule is CCOCCCn1c(SCc2ccc(C)c3ccccc23)nc2cc(C(=O)OCC)ccc21. The van der Waals surface area contributed by atoms with Crippen molar-refractivity contribution in [2.45, 2.75) is 44.6 Å². The highest BCUT2D eigenvalue weighted by molar-refractivity contribution is 7.98. The van der Waals surface area contributed by atoms with Gasteiger partial charge >= 0.3 is 5.97 Å². The first kappa shape index (κ1) is 23.3. The molecule has 6 heteroatoms. The molecule has 33 heavy (non-hydrogen) atoms. The average molecular weight is 463 g/mol. The number of benzene rings is 3. The summed E-state index contributed by atoms with van der Waals surface area (Å²) in [6.45, 7) is 8.57. The number of thioether (sulfide) groups is 1. The van der Waals surface area contributed by atoms with Gasteiger partial charge in [-0.05, 0) is 67.3 Å². The highest BCUT2D eigenvalue weighted by Gasteiger charge is 2.15. The van der Waals surface area contributed by atoms with Gasteiger partial charge in [-0.3, -0.25) is 0 Å². The molecule has 0 unspecified atom stereocenters. The molecule has 0 radical (unpaired) electrons. The standard InChI is InChI=1S/C27H30N2O3S/c1-4-31-16-8-15-29-25-14-13-20(26(30)32-5-2)17-24(25)28-27(29)33-18-21-12-11-19(3)22-9-6-7-10-23(21)22/h6-7,9-14,17H,4-5,8,15-16,18H2,1-3H3. The van der Waals surface area contributed by atoms with Crippen molar-refractivity contribution >= 4 is 39.5 Å². The maximum absolute atomic E-state index is 12.2. The Labute approximate surface area is 199 Å². The number of imidazole rings is 1. The molecule has 172 valence electrons. The molecule has 0 aliphatic rings. The van der Waals surface area contributed by atoms with Crippen molar-refractivity contribution in [2.75, 3.05) is 19.8 Å². The van der Waals surface area contributed by atoms with Gasteiger partial charge in [-0.25, -0.2) is 9.78 Å². The van der Waals surface area contributed by atoms with E-state index >= 15 is 0 Å². The first-order valence-corrected chi connectivity index (χ1v) is 12.5. The minimum atomic E-state index is -0.314. The van der Waals surface area contributed by atoms with Gasteiger partial charge in [0.25, 0.3) is 0 Å². The topological polar surface area (TPSA) is 53.4 Å². The monoisotopic (exact) mass is 462 g/mol. The predicted octanol–water partition coefficient (Wildman–Crippen LogP) is 6.39. The molecule has 0 bridgehead atoms.